The highest BCUT2D eigenvalue weighted by Gasteiger charge is 2.18. The van der Waals surface area contributed by atoms with Crippen LogP contribution in [0, 0.1) is 10.1 Å². The van der Waals surface area contributed by atoms with Gasteiger partial charge in [-0.1, -0.05) is 12.1 Å². The number of thiazole rings is 1. The number of hydrogen-bond acceptors (Lipinski definition) is 6. The van der Waals surface area contributed by atoms with Gasteiger partial charge in [0.05, 0.1) is 27.7 Å². The minimum absolute atomic E-state index is 0.00462. The van der Waals surface area contributed by atoms with E-state index in [4.69, 9.17) is 0 Å². The van der Waals surface area contributed by atoms with Crippen molar-refractivity contribution in [2.24, 2.45) is 0 Å². The summed E-state index contributed by atoms with van der Waals surface area (Å²) in [5.74, 6) is -0.186. The SMILES string of the molecule is C[C@@H](c1nc2ccccc2s1)N(C)CC(=O)Nc1ccc([N+](=O)[O-])cc1. The standard InChI is InChI=1S/C18H18N4O3S/c1-12(18-20-15-5-3-4-6-16(15)26-18)21(2)11-17(23)19-13-7-9-14(10-8-13)22(24)25/h3-10,12H,11H2,1-2H3,(H,19,23)/t12-/m0/s1. The lowest BCUT2D eigenvalue weighted by Gasteiger charge is -2.22. The zero-order valence-corrected chi connectivity index (χ0v) is 15.2. The van der Waals surface area contributed by atoms with Crippen molar-refractivity contribution in [2.45, 2.75) is 13.0 Å². The van der Waals surface area contributed by atoms with Gasteiger partial charge in [-0.25, -0.2) is 4.98 Å². The maximum absolute atomic E-state index is 12.2. The van der Waals surface area contributed by atoms with Crippen LogP contribution in [0.15, 0.2) is 48.5 Å². The van der Waals surface area contributed by atoms with Gasteiger partial charge in [-0.15, -0.1) is 11.3 Å². The predicted molar refractivity (Wildman–Crippen MR) is 102 cm³/mol. The molecule has 0 aliphatic rings. The summed E-state index contributed by atoms with van der Waals surface area (Å²) in [7, 11) is 1.87. The van der Waals surface area contributed by atoms with Gasteiger partial charge in [0, 0.05) is 17.8 Å². The van der Waals surface area contributed by atoms with E-state index in [1.807, 2.05) is 43.1 Å². The molecule has 3 aromatic rings. The molecule has 1 heterocycles. The second-order valence-corrected chi connectivity index (χ2v) is 7.03. The topological polar surface area (TPSA) is 88.4 Å². The van der Waals surface area contributed by atoms with E-state index in [1.165, 1.54) is 24.3 Å². The molecule has 1 aromatic heterocycles. The van der Waals surface area contributed by atoms with Gasteiger partial charge in [0.15, 0.2) is 0 Å². The van der Waals surface area contributed by atoms with E-state index in [0.29, 0.717) is 5.69 Å². The van der Waals surface area contributed by atoms with E-state index in [2.05, 4.69) is 10.3 Å². The minimum atomic E-state index is -0.473. The number of fused-ring (bicyclic) bond motifs is 1. The number of para-hydroxylation sites is 1. The van der Waals surface area contributed by atoms with Gasteiger partial charge in [-0.05, 0) is 38.2 Å². The molecule has 0 aliphatic heterocycles. The molecule has 1 amide bonds. The predicted octanol–water partition coefficient (Wildman–Crippen LogP) is 3.84. The van der Waals surface area contributed by atoms with Gasteiger partial charge in [0.25, 0.3) is 5.69 Å². The number of benzene rings is 2. The maximum Gasteiger partial charge on any atom is 0.269 e. The van der Waals surface area contributed by atoms with E-state index < -0.39 is 4.92 Å². The molecule has 8 heteroatoms. The number of nitrogens with zero attached hydrogens (tertiary/aromatic N) is 3. The number of nitro benzene ring substituents is 1. The monoisotopic (exact) mass is 370 g/mol. The highest BCUT2D eigenvalue weighted by Crippen LogP contribution is 2.28. The maximum atomic E-state index is 12.2. The van der Waals surface area contributed by atoms with Crippen molar-refractivity contribution in [3.63, 3.8) is 0 Å². The summed E-state index contributed by atoms with van der Waals surface area (Å²) in [5.41, 5.74) is 1.48. The van der Waals surface area contributed by atoms with Crippen LogP contribution in [0.3, 0.4) is 0 Å². The average Bonchev–Trinajstić information content (AvgIpc) is 3.05. The first kappa shape index (κ1) is 18.0. The molecule has 0 aliphatic carbocycles. The third-order valence-corrected chi connectivity index (χ3v) is 5.29. The van der Waals surface area contributed by atoms with Gasteiger partial charge in [-0.3, -0.25) is 19.8 Å². The van der Waals surface area contributed by atoms with Crippen molar-refractivity contribution in [3.8, 4) is 0 Å². The quantitative estimate of drug-likeness (QED) is 0.526. The normalized spacial score (nSPS) is 12.3. The smallest absolute Gasteiger partial charge is 0.269 e. The average molecular weight is 370 g/mol. The number of nitro groups is 1. The van der Waals surface area contributed by atoms with Crippen LogP contribution in [0.2, 0.25) is 0 Å². The Kier molecular flexibility index (Phi) is 5.24. The lowest BCUT2D eigenvalue weighted by atomic mass is 10.2. The largest absolute Gasteiger partial charge is 0.325 e. The number of rotatable bonds is 6. The first-order valence-corrected chi connectivity index (χ1v) is 8.85. The second-order valence-electron chi connectivity index (χ2n) is 5.96. The fraction of sp³-hybridized carbons (Fsp3) is 0.222. The van der Waals surface area contributed by atoms with E-state index in [0.717, 1.165) is 15.2 Å². The van der Waals surface area contributed by atoms with Crippen LogP contribution in [0.5, 0.6) is 0 Å². The molecule has 1 atom stereocenters. The molecule has 3 rings (SSSR count). The zero-order valence-electron chi connectivity index (χ0n) is 14.4. The number of anilines is 1. The number of carbonyl (C=O) groups excluding carboxylic acids is 1. The highest BCUT2D eigenvalue weighted by atomic mass is 32.1. The second kappa shape index (κ2) is 7.59. The summed E-state index contributed by atoms with van der Waals surface area (Å²) in [4.78, 5) is 29.0. The lowest BCUT2D eigenvalue weighted by molar-refractivity contribution is -0.384. The van der Waals surface area contributed by atoms with E-state index in [1.54, 1.807) is 11.3 Å². The van der Waals surface area contributed by atoms with Crippen molar-refractivity contribution in [2.75, 3.05) is 18.9 Å². The summed E-state index contributed by atoms with van der Waals surface area (Å²) in [6.07, 6.45) is 0. The van der Waals surface area contributed by atoms with Crippen molar-refractivity contribution in [3.05, 3.63) is 63.7 Å². The van der Waals surface area contributed by atoms with Crippen LogP contribution < -0.4 is 5.32 Å². The zero-order chi connectivity index (χ0) is 18.7. The molecule has 26 heavy (non-hydrogen) atoms. The van der Waals surface area contributed by atoms with Crippen LogP contribution in [0.4, 0.5) is 11.4 Å². The van der Waals surface area contributed by atoms with Gasteiger partial charge in [-0.2, -0.15) is 0 Å². The highest BCUT2D eigenvalue weighted by molar-refractivity contribution is 7.18. The number of aromatic nitrogens is 1. The molecule has 0 saturated carbocycles. The Morgan fingerprint density at radius 2 is 1.96 bits per heavy atom. The molecular formula is C18H18N4O3S. The number of nitrogens with one attached hydrogen (secondary N) is 1. The van der Waals surface area contributed by atoms with Crippen molar-refractivity contribution < 1.29 is 9.72 Å². The Hall–Kier alpha value is -2.84. The molecule has 7 nitrogen and oxygen atoms in total. The molecule has 134 valence electrons. The Bertz CT molecular complexity index is 906. The molecule has 0 fully saturated rings. The minimum Gasteiger partial charge on any atom is -0.325 e. The van der Waals surface area contributed by atoms with Gasteiger partial charge in [0.2, 0.25) is 5.91 Å². The van der Waals surface area contributed by atoms with E-state index >= 15 is 0 Å². The molecule has 0 spiro atoms. The van der Waals surface area contributed by atoms with Crippen molar-refractivity contribution >= 4 is 38.8 Å². The molecular weight excluding hydrogens is 352 g/mol. The Morgan fingerprint density at radius 3 is 2.62 bits per heavy atom. The number of likely N-dealkylation sites (N-methyl/N-ethyl adjacent to an activating group) is 1. The molecule has 2 aromatic carbocycles. The summed E-state index contributed by atoms with van der Waals surface area (Å²) < 4.78 is 1.12. The summed E-state index contributed by atoms with van der Waals surface area (Å²) >= 11 is 1.62. The molecule has 1 N–H and O–H groups in total. The summed E-state index contributed by atoms with van der Waals surface area (Å²) in [5, 5.41) is 14.4. The summed E-state index contributed by atoms with van der Waals surface area (Å²) in [6.45, 7) is 2.20. The first-order chi connectivity index (χ1) is 12.4. The summed E-state index contributed by atoms with van der Waals surface area (Å²) in [6, 6.07) is 13.7. The third kappa shape index (κ3) is 4.04. The van der Waals surface area contributed by atoms with E-state index in [9.17, 15) is 14.9 Å². The number of carbonyl (C=O) groups is 1. The van der Waals surface area contributed by atoms with Crippen molar-refractivity contribution in [1.29, 1.82) is 0 Å². The molecule has 0 bridgehead atoms. The lowest BCUT2D eigenvalue weighted by Crippen LogP contribution is -2.32. The molecule has 0 saturated heterocycles. The van der Waals surface area contributed by atoms with Crippen LogP contribution in [0.1, 0.15) is 18.0 Å². The van der Waals surface area contributed by atoms with E-state index in [-0.39, 0.29) is 24.2 Å². The molecule has 0 unspecified atom stereocenters. The first-order valence-electron chi connectivity index (χ1n) is 8.04. The van der Waals surface area contributed by atoms with Gasteiger partial charge in [0.1, 0.15) is 5.01 Å². The Labute approximate surface area is 154 Å². The number of non-ortho nitro benzene ring substituents is 1. The van der Waals surface area contributed by atoms with Crippen LogP contribution >= 0.6 is 11.3 Å². The number of hydrogen-bond donors (Lipinski definition) is 1. The Balaban J connectivity index is 1.61. The fourth-order valence-corrected chi connectivity index (χ4v) is 3.57. The Morgan fingerprint density at radius 1 is 1.27 bits per heavy atom. The van der Waals surface area contributed by atoms with Crippen LogP contribution in [0.25, 0.3) is 10.2 Å². The van der Waals surface area contributed by atoms with Crippen LogP contribution in [-0.2, 0) is 4.79 Å². The van der Waals surface area contributed by atoms with Crippen molar-refractivity contribution in [1.82, 2.24) is 9.88 Å². The number of amides is 1. The third-order valence-electron chi connectivity index (χ3n) is 4.08. The van der Waals surface area contributed by atoms with Gasteiger partial charge >= 0.3 is 0 Å². The van der Waals surface area contributed by atoms with Crippen LogP contribution in [-0.4, -0.2) is 34.3 Å². The van der Waals surface area contributed by atoms with Gasteiger partial charge < -0.3 is 5.32 Å². The molecule has 0 radical (unpaired) electrons. The fourth-order valence-electron chi connectivity index (χ4n) is 2.49.